The Bertz CT molecular complexity index is 399. The van der Waals surface area contributed by atoms with E-state index in [4.69, 9.17) is 5.73 Å². The van der Waals surface area contributed by atoms with E-state index in [9.17, 15) is 4.39 Å². The summed E-state index contributed by atoms with van der Waals surface area (Å²) < 4.78 is 12.8. The molecule has 0 radical (unpaired) electrons. The highest BCUT2D eigenvalue weighted by atomic mass is 32.2. The highest BCUT2D eigenvalue weighted by Crippen LogP contribution is 2.24. The zero-order valence-electron chi connectivity index (χ0n) is 10.6. The van der Waals surface area contributed by atoms with Crippen LogP contribution >= 0.6 is 11.8 Å². The number of hydrogen-bond acceptors (Lipinski definition) is 2. The normalized spacial score (nSPS) is 18.0. The average molecular weight is 265 g/mol. The number of halogens is 1. The second-order valence-corrected chi connectivity index (χ2v) is 5.84. The lowest BCUT2D eigenvalue weighted by Gasteiger charge is -2.14. The monoisotopic (exact) mass is 265 g/mol. The quantitative estimate of drug-likeness (QED) is 0.654. The van der Waals surface area contributed by atoms with Gasteiger partial charge >= 0.3 is 0 Å². The first-order chi connectivity index (χ1) is 8.75. The van der Waals surface area contributed by atoms with E-state index in [-0.39, 0.29) is 11.9 Å². The number of rotatable bonds is 4. The van der Waals surface area contributed by atoms with E-state index in [0.29, 0.717) is 0 Å². The molecule has 3 heteroatoms. The summed E-state index contributed by atoms with van der Waals surface area (Å²) in [6.07, 6.45) is 8.51. The maximum Gasteiger partial charge on any atom is 0.123 e. The van der Waals surface area contributed by atoms with Crippen molar-refractivity contribution in [3.8, 4) is 0 Å². The minimum Gasteiger partial charge on any atom is -0.324 e. The number of nitrogens with two attached hydrogens (primary N) is 1. The summed E-state index contributed by atoms with van der Waals surface area (Å²) in [5.74, 6) is 0.687. The van der Waals surface area contributed by atoms with E-state index in [1.54, 1.807) is 11.8 Å². The van der Waals surface area contributed by atoms with Crippen LogP contribution in [0.25, 0.3) is 0 Å². The predicted octanol–water partition coefficient (Wildman–Crippen LogP) is 4.14. The first-order valence-corrected chi connectivity index (χ1v) is 7.57. The third kappa shape index (κ3) is 4.14. The molecular weight excluding hydrogens is 245 g/mol. The fraction of sp³-hybridized carbons (Fsp3) is 0.467. The van der Waals surface area contributed by atoms with Crippen molar-refractivity contribution in [3.05, 3.63) is 41.7 Å². The number of benzene rings is 1. The molecule has 1 aromatic rings. The molecular formula is C15H20FNS. The van der Waals surface area contributed by atoms with Crippen molar-refractivity contribution in [1.82, 2.24) is 0 Å². The van der Waals surface area contributed by atoms with Crippen molar-refractivity contribution < 1.29 is 4.39 Å². The smallest absolute Gasteiger partial charge is 0.123 e. The molecule has 0 bridgehead atoms. The lowest BCUT2D eigenvalue weighted by atomic mass is 10.0. The Labute approximate surface area is 113 Å². The van der Waals surface area contributed by atoms with Gasteiger partial charge in [-0.3, -0.25) is 0 Å². The van der Waals surface area contributed by atoms with Gasteiger partial charge in [-0.2, -0.15) is 0 Å². The molecule has 0 saturated carbocycles. The third-order valence-corrected chi connectivity index (χ3v) is 4.43. The number of thioether (sulfide) groups is 1. The number of allylic oxidation sites excluding steroid dienone is 1. The van der Waals surface area contributed by atoms with Gasteiger partial charge in [0.25, 0.3) is 0 Å². The summed E-state index contributed by atoms with van der Waals surface area (Å²) in [4.78, 5) is 1.08. The second-order valence-electron chi connectivity index (χ2n) is 4.75. The zero-order valence-corrected chi connectivity index (χ0v) is 11.4. The summed E-state index contributed by atoms with van der Waals surface area (Å²) in [6, 6.07) is 6.76. The van der Waals surface area contributed by atoms with Crippen molar-refractivity contribution in [2.24, 2.45) is 5.73 Å². The Kier molecular flexibility index (Phi) is 5.26. The Morgan fingerprint density at radius 3 is 2.72 bits per heavy atom. The third-order valence-electron chi connectivity index (χ3n) is 3.30. The average Bonchev–Trinajstić information content (AvgIpc) is 2.66. The van der Waals surface area contributed by atoms with Crippen LogP contribution in [-0.4, -0.2) is 11.8 Å². The van der Waals surface area contributed by atoms with Gasteiger partial charge in [0.15, 0.2) is 0 Å². The predicted molar refractivity (Wildman–Crippen MR) is 76.3 cm³/mol. The Morgan fingerprint density at radius 1 is 1.17 bits per heavy atom. The van der Waals surface area contributed by atoms with E-state index >= 15 is 0 Å². The zero-order chi connectivity index (χ0) is 12.8. The van der Waals surface area contributed by atoms with E-state index in [1.807, 2.05) is 12.1 Å². The highest BCUT2D eigenvalue weighted by molar-refractivity contribution is 7.99. The largest absolute Gasteiger partial charge is 0.324 e. The molecule has 0 aromatic heterocycles. The molecule has 18 heavy (non-hydrogen) atoms. The van der Waals surface area contributed by atoms with Crippen LogP contribution in [0.15, 0.2) is 40.8 Å². The van der Waals surface area contributed by atoms with Crippen LogP contribution < -0.4 is 5.73 Å². The summed E-state index contributed by atoms with van der Waals surface area (Å²) in [5.41, 5.74) is 7.64. The van der Waals surface area contributed by atoms with Crippen molar-refractivity contribution in [3.63, 3.8) is 0 Å². The molecule has 0 aliphatic heterocycles. The molecule has 1 aliphatic carbocycles. The molecule has 1 unspecified atom stereocenters. The van der Waals surface area contributed by atoms with E-state index in [2.05, 4.69) is 6.08 Å². The van der Waals surface area contributed by atoms with Gasteiger partial charge in [0.2, 0.25) is 0 Å². The maximum absolute atomic E-state index is 12.8. The van der Waals surface area contributed by atoms with Gasteiger partial charge in [-0.05, 0) is 49.9 Å². The lowest BCUT2D eigenvalue weighted by Crippen LogP contribution is -2.25. The molecule has 1 aliphatic rings. The maximum atomic E-state index is 12.8. The molecule has 1 nitrogen and oxygen atoms in total. The van der Waals surface area contributed by atoms with Crippen LogP contribution in [0.2, 0.25) is 0 Å². The standard InChI is InChI=1S/C15H20FNS/c16-13-7-9-14(10-8-13)18-11-15(17)12-5-3-1-2-4-6-12/h5,7-10,15H,1-4,6,11,17H2. The van der Waals surface area contributed by atoms with Gasteiger partial charge in [0.1, 0.15) is 5.82 Å². The van der Waals surface area contributed by atoms with Crippen molar-refractivity contribution >= 4 is 11.8 Å². The molecule has 98 valence electrons. The summed E-state index contributed by atoms with van der Waals surface area (Å²) in [7, 11) is 0. The SMILES string of the molecule is NC(CSc1ccc(F)cc1)C1=CCCCCC1. The van der Waals surface area contributed by atoms with E-state index in [1.165, 1.54) is 43.4 Å². The van der Waals surface area contributed by atoms with Gasteiger partial charge in [-0.25, -0.2) is 4.39 Å². The second kappa shape index (κ2) is 6.95. The molecule has 2 rings (SSSR count). The van der Waals surface area contributed by atoms with Crippen LogP contribution in [0.5, 0.6) is 0 Å². The van der Waals surface area contributed by atoms with Gasteiger partial charge in [0, 0.05) is 16.7 Å². The molecule has 0 amide bonds. The Balaban J connectivity index is 1.85. The first kappa shape index (κ1) is 13.6. The van der Waals surface area contributed by atoms with Crippen molar-refractivity contribution in [2.45, 2.75) is 43.0 Å². The lowest BCUT2D eigenvalue weighted by molar-refractivity contribution is 0.626. The minimum absolute atomic E-state index is 0.137. The topological polar surface area (TPSA) is 26.0 Å². The van der Waals surface area contributed by atoms with Crippen LogP contribution in [-0.2, 0) is 0 Å². The minimum atomic E-state index is -0.185. The first-order valence-electron chi connectivity index (χ1n) is 6.58. The van der Waals surface area contributed by atoms with Crippen molar-refractivity contribution in [1.29, 1.82) is 0 Å². The number of hydrogen-bond donors (Lipinski definition) is 1. The molecule has 0 heterocycles. The van der Waals surface area contributed by atoms with Crippen molar-refractivity contribution in [2.75, 3.05) is 5.75 Å². The molecule has 0 saturated heterocycles. The molecule has 2 N–H and O–H groups in total. The Hall–Kier alpha value is -0.800. The van der Waals surface area contributed by atoms with Gasteiger partial charge in [-0.1, -0.05) is 18.1 Å². The fourth-order valence-corrected chi connectivity index (χ4v) is 3.12. The van der Waals surface area contributed by atoms with Gasteiger partial charge in [-0.15, -0.1) is 11.8 Å². The van der Waals surface area contributed by atoms with E-state index in [0.717, 1.165) is 17.1 Å². The molecule has 0 fully saturated rings. The van der Waals surface area contributed by atoms with Gasteiger partial charge < -0.3 is 5.73 Å². The molecule has 0 spiro atoms. The summed E-state index contributed by atoms with van der Waals surface area (Å²) in [5, 5.41) is 0. The van der Waals surface area contributed by atoms with Crippen LogP contribution in [0.3, 0.4) is 0 Å². The van der Waals surface area contributed by atoms with Gasteiger partial charge in [0.05, 0.1) is 0 Å². The summed E-state index contributed by atoms with van der Waals surface area (Å²) in [6.45, 7) is 0. The fourth-order valence-electron chi connectivity index (χ4n) is 2.20. The van der Waals surface area contributed by atoms with Crippen LogP contribution in [0.4, 0.5) is 4.39 Å². The Morgan fingerprint density at radius 2 is 1.94 bits per heavy atom. The van der Waals surface area contributed by atoms with E-state index < -0.39 is 0 Å². The highest BCUT2D eigenvalue weighted by Gasteiger charge is 2.11. The molecule has 1 aromatic carbocycles. The summed E-state index contributed by atoms with van der Waals surface area (Å²) >= 11 is 1.71. The van der Waals surface area contributed by atoms with Crippen LogP contribution in [0, 0.1) is 5.82 Å². The molecule has 1 atom stereocenters. The van der Waals surface area contributed by atoms with Crippen LogP contribution in [0.1, 0.15) is 32.1 Å².